The second-order valence-corrected chi connectivity index (χ2v) is 5.88. The fraction of sp³-hybridized carbons (Fsp3) is 0.333. The first-order valence-electron chi connectivity index (χ1n) is 8.99. The maximum absolute atomic E-state index is 10.2. The van der Waals surface area contributed by atoms with Gasteiger partial charge in [0.15, 0.2) is 23.0 Å². The van der Waals surface area contributed by atoms with Crippen LogP contribution in [0.5, 0.6) is 23.0 Å². The standard InChI is InChI=1S/C21H26N2O4/c1-4-26-18-10-6-8-16(20(18)24)13-22-12-15(3)23-14-17-9-7-11-19(21(17)25)27-5-2/h6-11,13-15,24-25H,4-5,12H2,1-3H3. The van der Waals surface area contributed by atoms with E-state index in [1.54, 1.807) is 36.7 Å². The fourth-order valence-corrected chi connectivity index (χ4v) is 2.39. The summed E-state index contributed by atoms with van der Waals surface area (Å²) in [6, 6.07) is 10.5. The fourth-order valence-electron chi connectivity index (χ4n) is 2.39. The highest BCUT2D eigenvalue weighted by molar-refractivity contribution is 5.85. The zero-order chi connectivity index (χ0) is 19.6. The number of aromatic hydroxyl groups is 2. The smallest absolute Gasteiger partial charge is 0.166 e. The number of rotatable bonds is 9. The number of hydrogen-bond donors (Lipinski definition) is 2. The molecule has 1 atom stereocenters. The predicted octanol–water partition coefficient (Wildman–Crippen LogP) is 3.82. The number of aliphatic imine (C=N–C) groups is 2. The molecule has 6 nitrogen and oxygen atoms in total. The highest BCUT2D eigenvalue weighted by atomic mass is 16.5. The molecule has 0 fully saturated rings. The van der Waals surface area contributed by atoms with E-state index >= 15 is 0 Å². The van der Waals surface area contributed by atoms with Crippen LogP contribution >= 0.6 is 0 Å². The lowest BCUT2D eigenvalue weighted by molar-refractivity contribution is 0.318. The van der Waals surface area contributed by atoms with E-state index < -0.39 is 0 Å². The van der Waals surface area contributed by atoms with Gasteiger partial charge in [-0.25, -0.2) is 0 Å². The molecule has 144 valence electrons. The molecular weight excluding hydrogens is 344 g/mol. The van der Waals surface area contributed by atoms with Gasteiger partial charge in [0.25, 0.3) is 0 Å². The molecule has 27 heavy (non-hydrogen) atoms. The van der Waals surface area contributed by atoms with Crippen molar-refractivity contribution in [2.75, 3.05) is 19.8 Å². The van der Waals surface area contributed by atoms with Gasteiger partial charge in [0, 0.05) is 23.6 Å². The Morgan fingerprint density at radius 2 is 1.41 bits per heavy atom. The van der Waals surface area contributed by atoms with Gasteiger partial charge < -0.3 is 19.7 Å². The minimum absolute atomic E-state index is 0.0801. The van der Waals surface area contributed by atoms with E-state index in [-0.39, 0.29) is 17.5 Å². The van der Waals surface area contributed by atoms with Gasteiger partial charge in [-0.15, -0.1) is 0 Å². The summed E-state index contributed by atoms with van der Waals surface area (Å²) in [5, 5.41) is 20.3. The summed E-state index contributed by atoms with van der Waals surface area (Å²) in [6.07, 6.45) is 3.22. The molecule has 0 spiro atoms. The van der Waals surface area contributed by atoms with Crippen molar-refractivity contribution in [3.05, 3.63) is 47.5 Å². The molecule has 2 N–H and O–H groups in total. The molecule has 0 aliphatic carbocycles. The normalized spacial score (nSPS) is 12.6. The van der Waals surface area contributed by atoms with Crippen LogP contribution in [0.4, 0.5) is 0 Å². The number of nitrogens with zero attached hydrogens (tertiary/aromatic N) is 2. The van der Waals surface area contributed by atoms with Crippen LogP contribution in [0.3, 0.4) is 0 Å². The Hall–Kier alpha value is -3.02. The van der Waals surface area contributed by atoms with Crippen LogP contribution in [0, 0.1) is 0 Å². The Morgan fingerprint density at radius 1 is 0.889 bits per heavy atom. The predicted molar refractivity (Wildman–Crippen MR) is 108 cm³/mol. The lowest BCUT2D eigenvalue weighted by atomic mass is 10.2. The molecular formula is C21H26N2O4. The number of para-hydroxylation sites is 2. The molecule has 6 heteroatoms. The van der Waals surface area contributed by atoms with Crippen molar-refractivity contribution < 1.29 is 19.7 Å². The van der Waals surface area contributed by atoms with E-state index in [4.69, 9.17) is 9.47 Å². The lowest BCUT2D eigenvalue weighted by Gasteiger charge is -2.08. The lowest BCUT2D eigenvalue weighted by Crippen LogP contribution is -2.04. The van der Waals surface area contributed by atoms with Gasteiger partial charge >= 0.3 is 0 Å². The van der Waals surface area contributed by atoms with Crippen molar-refractivity contribution in [1.82, 2.24) is 0 Å². The van der Waals surface area contributed by atoms with E-state index in [2.05, 4.69) is 9.98 Å². The third-order valence-corrected chi connectivity index (χ3v) is 3.73. The summed E-state index contributed by atoms with van der Waals surface area (Å²) < 4.78 is 10.7. The summed E-state index contributed by atoms with van der Waals surface area (Å²) in [4.78, 5) is 8.76. The van der Waals surface area contributed by atoms with Gasteiger partial charge in [0.05, 0.1) is 25.8 Å². The van der Waals surface area contributed by atoms with E-state index in [0.717, 1.165) is 0 Å². The Morgan fingerprint density at radius 3 is 1.93 bits per heavy atom. The van der Waals surface area contributed by atoms with Crippen LogP contribution in [0.15, 0.2) is 46.4 Å². The highest BCUT2D eigenvalue weighted by Gasteiger charge is 2.07. The molecule has 0 amide bonds. The maximum Gasteiger partial charge on any atom is 0.166 e. The Labute approximate surface area is 159 Å². The molecule has 0 radical (unpaired) electrons. The number of hydrogen-bond acceptors (Lipinski definition) is 6. The first-order valence-corrected chi connectivity index (χ1v) is 8.99. The van der Waals surface area contributed by atoms with Gasteiger partial charge in [0.2, 0.25) is 0 Å². The van der Waals surface area contributed by atoms with Crippen LogP contribution in [0.2, 0.25) is 0 Å². The molecule has 2 aromatic carbocycles. The second kappa shape index (κ2) is 10.2. The summed E-state index contributed by atoms with van der Waals surface area (Å²) in [5.74, 6) is 1.04. The molecule has 1 unspecified atom stereocenters. The molecule has 0 bridgehead atoms. The number of ether oxygens (including phenoxy) is 2. The summed E-state index contributed by atoms with van der Waals surface area (Å²) >= 11 is 0. The Balaban J connectivity index is 1.99. The van der Waals surface area contributed by atoms with E-state index in [1.807, 2.05) is 32.9 Å². The van der Waals surface area contributed by atoms with Crippen molar-refractivity contribution >= 4 is 12.4 Å². The van der Waals surface area contributed by atoms with E-state index in [9.17, 15) is 10.2 Å². The Bertz CT molecular complexity index is 803. The van der Waals surface area contributed by atoms with Gasteiger partial charge in [-0.2, -0.15) is 0 Å². The van der Waals surface area contributed by atoms with Crippen molar-refractivity contribution in [3.63, 3.8) is 0 Å². The number of phenolic OH excluding ortho intramolecular Hbond substituents is 2. The molecule has 0 saturated carbocycles. The van der Waals surface area contributed by atoms with Gasteiger partial charge in [-0.1, -0.05) is 12.1 Å². The molecule has 0 aliphatic rings. The molecule has 0 aromatic heterocycles. The number of phenols is 2. The molecule has 0 heterocycles. The monoisotopic (exact) mass is 370 g/mol. The molecule has 0 aliphatic heterocycles. The average Bonchev–Trinajstić information content (AvgIpc) is 2.66. The molecule has 2 rings (SSSR count). The minimum atomic E-state index is -0.0892. The maximum atomic E-state index is 10.2. The zero-order valence-electron chi connectivity index (χ0n) is 15.9. The SMILES string of the molecule is CCOc1cccc(C=NCC(C)N=Cc2cccc(OCC)c2O)c1O. The van der Waals surface area contributed by atoms with Gasteiger partial charge in [-0.05, 0) is 45.0 Å². The quantitative estimate of drug-likeness (QED) is 0.657. The van der Waals surface area contributed by atoms with Gasteiger partial charge in [0.1, 0.15) is 0 Å². The average molecular weight is 370 g/mol. The van der Waals surface area contributed by atoms with Crippen molar-refractivity contribution in [2.45, 2.75) is 26.8 Å². The van der Waals surface area contributed by atoms with Crippen LogP contribution in [-0.2, 0) is 0 Å². The Kier molecular flexibility index (Phi) is 7.67. The highest BCUT2D eigenvalue weighted by Crippen LogP contribution is 2.29. The first kappa shape index (κ1) is 20.3. The largest absolute Gasteiger partial charge is 0.504 e. The van der Waals surface area contributed by atoms with Gasteiger partial charge in [-0.3, -0.25) is 9.98 Å². The van der Waals surface area contributed by atoms with Crippen molar-refractivity contribution in [2.24, 2.45) is 9.98 Å². The van der Waals surface area contributed by atoms with Crippen molar-refractivity contribution in [1.29, 1.82) is 0 Å². The summed E-state index contributed by atoms with van der Waals surface area (Å²) in [7, 11) is 0. The summed E-state index contributed by atoms with van der Waals surface area (Å²) in [6.45, 7) is 7.06. The first-order chi connectivity index (χ1) is 13.1. The van der Waals surface area contributed by atoms with Crippen molar-refractivity contribution in [3.8, 4) is 23.0 Å². The van der Waals surface area contributed by atoms with Crippen LogP contribution < -0.4 is 9.47 Å². The van der Waals surface area contributed by atoms with E-state index in [1.165, 1.54) is 0 Å². The van der Waals surface area contributed by atoms with Crippen LogP contribution in [0.1, 0.15) is 31.9 Å². The summed E-state index contributed by atoms with van der Waals surface area (Å²) in [5.41, 5.74) is 1.19. The minimum Gasteiger partial charge on any atom is -0.504 e. The van der Waals surface area contributed by atoms with E-state index in [0.29, 0.717) is 42.4 Å². The van der Waals surface area contributed by atoms with Crippen LogP contribution in [-0.4, -0.2) is 48.4 Å². The second-order valence-electron chi connectivity index (χ2n) is 5.88. The molecule has 2 aromatic rings. The molecule has 0 saturated heterocycles. The number of benzene rings is 2. The third-order valence-electron chi connectivity index (χ3n) is 3.73. The third kappa shape index (κ3) is 5.74. The topological polar surface area (TPSA) is 83.6 Å². The zero-order valence-corrected chi connectivity index (χ0v) is 15.9. The van der Waals surface area contributed by atoms with Crippen LogP contribution in [0.25, 0.3) is 0 Å².